The van der Waals surface area contributed by atoms with Crippen molar-refractivity contribution < 1.29 is 14.3 Å². The fraction of sp³-hybridized carbons (Fsp3) is 0.750. The molecule has 0 spiro atoms. The molecule has 1 unspecified atom stereocenters. The summed E-state index contributed by atoms with van der Waals surface area (Å²) in [7, 11) is 2.91. The summed E-state index contributed by atoms with van der Waals surface area (Å²) in [5, 5.41) is 7.89. The minimum atomic E-state index is -0.476. The maximum absolute atomic E-state index is 11.5. The number of hydrogen-bond donors (Lipinski definition) is 0. The average molecular weight is 255 g/mol. The van der Waals surface area contributed by atoms with E-state index < -0.39 is 5.97 Å². The molecule has 1 aromatic rings. The Bertz CT molecular complexity index is 390. The summed E-state index contributed by atoms with van der Waals surface area (Å²) in [6, 6.07) is 0. The van der Waals surface area contributed by atoms with Crippen molar-refractivity contribution in [2.24, 2.45) is 5.92 Å². The number of ether oxygens (including phenoxy) is 2. The first-order valence-electron chi connectivity index (χ1n) is 6.13. The van der Waals surface area contributed by atoms with Gasteiger partial charge in [-0.05, 0) is 12.3 Å². The lowest BCUT2D eigenvalue weighted by molar-refractivity contribution is 0.0588. The van der Waals surface area contributed by atoms with Crippen molar-refractivity contribution >= 4 is 5.97 Å². The highest BCUT2D eigenvalue weighted by molar-refractivity contribution is 5.88. The van der Waals surface area contributed by atoms with Crippen molar-refractivity contribution in [1.82, 2.24) is 15.0 Å². The molecule has 6 heteroatoms. The van der Waals surface area contributed by atoms with Crippen LogP contribution in [-0.4, -0.2) is 35.2 Å². The Hall–Kier alpha value is -1.43. The lowest BCUT2D eigenvalue weighted by Gasteiger charge is -2.12. The lowest BCUT2D eigenvalue weighted by atomic mass is 10.1. The van der Waals surface area contributed by atoms with Crippen LogP contribution in [0.5, 0.6) is 0 Å². The van der Waals surface area contributed by atoms with Gasteiger partial charge in [0.15, 0.2) is 5.69 Å². The average Bonchev–Trinajstić information content (AvgIpc) is 2.72. The Morgan fingerprint density at radius 1 is 1.44 bits per heavy atom. The molecule has 18 heavy (non-hydrogen) atoms. The van der Waals surface area contributed by atoms with E-state index in [1.165, 1.54) is 7.11 Å². The van der Waals surface area contributed by atoms with Gasteiger partial charge in [0, 0.05) is 13.7 Å². The number of rotatable bonds is 7. The SMILES string of the molecule is CCCC(C)Cn1nnc(C(=O)OC)c1COC. The number of carbonyl (C=O) groups is 1. The van der Waals surface area contributed by atoms with E-state index in [0.717, 1.165) is 19.4 Å². The summed E-state index contributed by atoms with van der Waals surface area (Å²) in [6.07, 6.45) is 2.24. The molecule has 6 nitrogen and oxygen atoms in total. The molecular formula is C12H21N3O3. The molecule has 0 aliphatic rings. The van der Waals surface area contributed by atoms with Gasteiger partial charge in [0.05, 0.1) is 19.4 Å². The van der Waals surface area contributed by atoms with E-state index in [1.807, 2.05) is 0 Å². The van der Waals surface area contributed by atoms with Crippen molar-refractivity contribution in [2.45, 2.75) is 39.8 Å². The van der Waals surface area contributed by atoms with E-state index in [1.54, 1.807) is 11.8 Å². The van der Waals surface area contributed by atoms with E-state index in [-0.39, 0.29) is 5.69 Å². The summed E-state index contributed by atoms with van der Waals surface area (Å²) in [5.74, 6) is 0.00856. The normalized spacial score (nSPS) is 12.4. The van der Waals surface area contributed by atoms with Crippen LogP contribution in [0.1, 0.15) is 42.9 Å². The molecule has 0 aromatic carbocycles. The fourth-order valence-corrected chi connectivity index (χ4v) is 1.89. The van der Waals surface area contributed by atoms with Crippen LogP contribution in [0.4, 0.5) is 0 Å². The first kappa shape index (κ1) is 14.6. The van der Waals surface area contributed by atoms with E-state index in [0.29, 0.717) is 18.2 Å². The van der Waals surface area contributed by atoms with E-state index in [4.69, 9.17) is 4.74 Å². The molecule has 0 fully saturated rings. The van der Waals surface area contributed by atoms with Gasteiger partial charge in [0.1, 0.15) is 0 Å². The third-order valence-corrected chi connectivity index (χ3v) is 2.76. The Morgan fingerprint density at radius 3 is 2.72 bits per heavy atom. The van der Waals surface area contributed by atoms with Gasteiger partial charge in [0.25, 0.3) is 0 Å². The van der Waals surface area contributed by atoms with Crippen LogP contribution in [-0.2, 0) is 22.6 Å². The predicted molar refractivity (Wildman–Crippen MR) is 66.1 cm³/mol. The molecule has 0 saturated heterocycles. The largest absolute Gasteiger partial charge is 0.464 e. The van der Waals surface area contributed by atoms with Crippen LogP contribution in [0.15, 0.2) is 0 Å². The third-order valence-electron chi connectivity index (χ3n) is 2.76. The Morgan fingerprint density at radius 2 is 2.17 bits per heavy atom. The molecule has 1 atom stereocenters. The van der Waals surface area contributed by atoms with Gasteiger partial charge >= 0.3 is 5.97 Å². The molecule has 0 bridgehead atoms. The van der Waals surface area contributed by atoms with Crippen LogP contribution in [0.2, 0.25) is 0 Å². The topological polar surface area (TPSA) is 66.2 Å². The minimum Gasteiger partial charge on any atom is -0.464 e. The second-order valence-electron chi connectivity index (χ2n) is 4.39. The van der Waals surface area contributed by atoms with Crippen molar-refractivity contribution in [3.8, 4) is 0 Å². The monoisotopic (exact) mass is 255 g/mol. The molecule has 0 radical (unpaired) electrons. The van der Waals surface area contributed by atoms with Crippen molar-refractivity contribution in [3.63, 3.8) is 0 Å². The molecular weight excluding hydrogens is 234 g/mol. The third kappa shape index (κ3) is 3.53. The number of nitrogens with zero attached hydrogens (tertiary/aromatic N) is 3. The molecule has 0 aliphatic carbocycles. The highest BCUT2D eigenvalue weighted by Crippen LogP contribution is 2.13. The molecule has 0 amide bonds. The molecule has 1 rings (SSSR count). The van der Waals surface area contributed by atoms with Gasteiger partial charge in [-0.15, -0.1) is 5.10 Å². The van der Waals surface area contributed by atoms with Gasteiger partial charge in [-0.25, -0.2) is 9.48 Å². The molecule has 0 saturated carbocycles. The van der Waals surface area contributed by atoms with Gasteiger partial charge in [-0.1, -0.05) is 25.5 Å². The Balaban J connectivity index is 2.90. The van der Waals surface area contributed by atoms with Crippen molar-refractivity contribution in [2.75, 3.05) is 14.2 Å². The van der Waals surface area contributed by atoms with E-state index in [2.05, 4.69) is 28.9 Å². The van der Waals surface area contributed by atoms with E-state index >= 15 is 0 Å². The van der Waals surface area contributed by atoms with Crippen LogP contribution >= 0.6 is 0 Å². The molecule has 1 heterocycles. The van der Waals surface area contributed by atoms with Gasteiger partial charge in [-0.2, -0.15) is 0 Å². The van der Waals surface area contributed by atoms with Crippen LogP contribution < -0.4 is 0 Å². The number of hydrogen-bond acceptors (Lipinski definition) is 5. The van der Waals surface area contributed by atoms with Crippen molar-refractivity contribution in [3.05, 3.63) is 11.4 Å². The standard InChI is InChI=1S/C12H21N3O3/c1-5-6-9(2)7-15-10(8-17-3)11(13-14-15)12(16)18-4/h9H,5-8H2,1-4H3. The summed E-state index contributed by atoms with van der Waals surface area (Å²) >= 11 is 0. The number of methoxy groups -OCH3 is 2. The first-order valence-corrected chi connectivity index (χ1v) is 6.13. The van der Waals surface area contributed by atoms with Gasteiger partial charge in [0.2, 0.25) is 0 Å². The molecule has 1 aromatic heterocycles. The highest BCUT2D eigenvalue weighted by Gasteiger charge is 2.20. The second kappa shape index (κ2) is 7.10. The number of aromatic nitrogens is 3. The molecule has 102 valence electrons. The zero-order valence-electron chi connectivity index (χ0n) is 11.5. The lowest BCUT2D eigenvalue weighted by Crippen LogP contribution is -2.14. The van der Waals surface area contributed by atoms with Gasteiger partial charge < -0.3 is 9.47 Å². The maximum atomic E-state index is 11.5. The molecule has 0 aliphatic heterocycles. The fourth-order valence-electron chi connectivity index (χ4n) is 1.89. The van der Waals surface area contributed by atoms with Crippen LogP contribution in [0, 0.1) is 5.92 Å². The second-order valence-corrected chi connectivity index (χ2v) is 4.39. The number of carbonyl (C=O) groups excluding carboxylic acids is 1. The van der Waals surface area contributed by atoms with E-state index in [9.17, 15) is 4.79 Å². The summed E-state index contributed by atoms with van der Waals surface area (Å²) < 4.78 is 11.5. The zero-order valence-corrected chi connectivity index (χ0v) is 11.5. The summed E-state index contributed by atoms with van der Waals surface area (Å²) in [5.41, 5.74) is 0.912. The Labute approximate surface area is 107 Å². The molecule has 0 N–H and O–H groups in total. The quantitative estimate of drug-likeness (QED) is 0.693. The first-order chi connectivity index (χ1) is 8.63. The Kier molecular flexibility index (Phi) is 5.77. The van der Waals surface area contributed by atoms with Crippen molar-refractivity contribution in [1.29, 1.82) is 0 Å². The van der Waals surface area contributed by atoms with Crippen LogP contribution in [0.25, 0.3) is 0 Å². The smallest absolute Gasteiger partial charge is 0.360 e. The number of esters is 1. The predicted octanol–water partition coefficient (Wildman–Crippen LogP) is 1.65. The maximum Gasteiger partial charge on any atom is 0.360 e. The summed E-state index contributed by atoms with van der Waals surface area (Å²) in [4.78, 5) is 11.5. The minimum absolute atomic E-state index is 0.239. The zero-order chi connectivity index (χ0) is 13.5. The van der Waals surface area contributed by atoms with Gasteiger partial charge in [-0.3, -0.25) is 0 Å². The summed E-state index contributed by atoms with van der Waals surface area (Å²) in [6.45, 7) is 5.33. The highest BCUT2D eigenvalue weighted by atomic mass is 16.5. The van der Waals surface area contributed by atoms with Crippen LogP contribution in [0.3, 0.4) is 0 Å².